The summed E-state index contributed by atoms with van der Waals surface area (Å²) in [5.41, 5.74) is 0.0961. The highest BCUT2D eigenvalue weighted by Crippen LogP contribution is 2.34. The highest BCUT2D eigenvalue weighted by molar-refractivity contribution is 5.67. The van der Waals surface area contributed by atoms with Crippen molar-refractivity contribution in [3.63, 3.8) is 0 Å². The Bertz CT molecular complexity index is 380. The van der Waals surface area contributed by atoms with Crippen LogP contribution in [0.3, 0.4) is 0 Å². The van der Waals surface area contributed by atoms with Crippen molar-refractivity contribution in [2.75, 3.05) is 0 Å². The first kappa shape index (κ1) is 12.7. The second-order valence-electron chi connectivity index (χ2n) is 3.39. The van der Waals surface area contributed by atoms with Gasteiger partial charge in [0.25, 0.3) is 0 Å². The third-order valence-corrected chi connectivity index (χ3v) is 2.25. The van der Waals surface area contributed by atoms with Gasteiger partial charge >= 0.3 is 6.18 Å². The van der Waals surface area contributed by atoms with Crippen molar-refractivity contribution in [3.8, 4) is 0 Å². The number of halogens is 3. The van der Waals surface area contributed by atoms with Crippen LogP contribution in [-0.2, 0) is 6.18 Å². The van der Waals surface area contributed by atoms with Crippen molar-refractivity contribution in [1.82, 2.24) is 4.98 Å². The van der Waals surface area contributed by atoms with E-state index in [-0.39, 0.29) is 5.56 Å². The summed E-state index contributed by atoms with van der Waals surface area (Å²) in [5, 5.41) is 0. The number of allylic oxidation sites excluding steroid dienone is 2. The van der Waals surface area contributed by atoms with Gasteiger partial charge in [-0.2, -0.15) is 13.2 Å². The van der Waals surface area contributed by atoms with Crippen LogP contribution in [0.2, 0.25) is 0 Å². The summed E-state index contributed by atoms with van der Waals surface area (Å²) in [5.74, 6) is 0. The van der Waals surface area contributed by atoms with Crippen LogP contribution in [-0.4, -0.2) is 4.98 Å². The zero-order valence-electron chi connectivity index (χ0n) is 9.30. The number of hydrogen-bond acceptors (Lipinski definition) is 1. The molecule has 0 saturated heterocycles. The fourth-order valence-electron chi connectivity index (χ4n) is 1.58. The number of rotatable bonds is 3. The minimum atomic E-state index is -4.39. The van der Waals surface area contributed by atoms with E-state index in [4.69, 9.17) is 0 Å². The van der Waals surface area contributed by atoms with E-state index in [0.29, 0.717) is 12.0 Å². The fourth-order valence-corrected chi connectivity index (χ4v) is 1.58. The van der Waals surface area contributed by atoms with Crippen LogP contribution < -0.4 is 0 Å². The molecule has 0 saturated carbocycles. The van der Waals surface area contributed by atoms with Gasteiger partial charge in [0, 0.05) is 11.8 Å². The van der Waals surface area contributed by atoms with Crippen molar-refractivity contribution >= 4 is 5.57 Å². The molecule has 0 aliphatic rings. The molecule has 0 radical (unpaired) electrons. The lowest BCUT2D eigenvalue weighted by atomic mass is 10.0. The van der Waals surface area contributed by atoms with Crippen LogP contribution in [0, 0.1) is 0 Å². The van der Waals surface area contributed by atoms with E-state index in [1.54, 1.807) is 0 Å². The Morgan fingerprint density at radius 3 is 2.56 bits per heavy atom. The first-order valence-corrected chi connectivity index (χ1v) is 5.22. The van der Waals surface area contributed by atoms with Crippen molar-refractivity contribution in [2.45, 2.75) is 32.9 Å². The third kappa shape index (κ3) is 2.84. The number of alkyl halides is 3. The number of hydrogen-bond donors (Lipinski definition) is 0. The standard InChI is InChI=1S/C12H14F3N/c1-3-6-9(4-2)10-7-5-8-16-11(10)12(13,14)15/h5-8H,3-4H2,1-2H3/b9-6+. The first-order valence-electron chi connectivity index (χ1n) is 5.22. The van der Waals surface area contributed by atoms with E-state index < -0.39 is 11.9 Å². The molecular weight excluding hydrogens is 215 g/mol. The Morgan fingerprint density at radius 2 is 2.06 bits per heavy atom. The molecule has 4 heteroatoms. The molecule has 0 amide bonds. The second-order valence-corrected chi connectivity index (χ2v) is 3.39. The molecule has 0 unspecified atom stereocenters. The number of aromatic nitrogens is 1. The van der Waals surface area contributed by atoms with Gasteiger partial charge in [-0.25, -0.2) is 0 Å². The smallest absolute Gasteiger partial charge is 0.251 e. The predicted octanol–water partition coefficient (Wildman–Crippen LogP) is 4.30. The molecule has 1 rings (SSSR count). The zero-order valence-corrected chi connectivity index (χ0v) is 9.30. The molecule has 0 aliphatic heterocycles. The Balaban J connectivity index is 3.28. The second kappa shape index (κ2) is 5.14. The molecule has 1 aromatic heterocycles. The summed E-state index contributed by atoms with van der Waals surface area (Å²) in [6.07, 6.45) is -0.117. The normalized spacial score (nSPS) is 12.9. The molecule has 0 bridgehead atoms. The maximum atomic E-state index is 12.7. The average Bonchev–Trinajstić information content (AvgIpc) is 2.25. The number of nitrogens with zero attached hydrogens (tertiary/aromatic N) is 1. The summed E-state index contributed by atoms with van der Waals surface area (Å²) in [7, 11) is 0. The van der Waals surface area contributed by atoms with Gasteiger partial charge in [0.05, 0.1) is 0 Å². The Labute approximate surface area is 93.0 Å². The summed E-state index contributed by atoms with van der Waals surface area (Å²) in [6, 6.07) is 3.00. The van der Waals surface area contributed by atoms with Crippen molar-refractivity contribution in [1.29, 1.82) is 0 Å². The quantitative estimate of drug-likeness (QED) is 0.752. The van der Waals surface area contributed by atoms with E-state index in [2.05, 4.69) is 4.98 Å². The van der Waals surface area contributed by atoms with E-state index in [9.17, 15) is 13.2 Å². The third-order valence-electron chi connectivity index (χ3n) is 2.25. The molecular formula is C12H14F3N. The molecule has 0 N–H and O–H groups in total. The molecule has 1 heterocycles. The maximum Gasteiger partial charge on any atom is 0.433 e. The van der Waals surface area contributed by atoms with Crippen LogP contribution in [0.5, 0.6) is 0 Å². The van der Waals surface area contributed by atoms with Crippen LogP contribution in [0.1, 0.15) is 37.9 Å². The van der Waals surface area contributed by atoms with Crippen LogP contribution in [0.25, 0.3) is 5.57 Å². The average molecular weight is 229 g/mol. The zero-order chi connectivity index (χ0) is 12.2. The largest absolute Gasteiger partial charge is 0.433 e. The summed E-state index contributed by atoms with van der Waals surface area (Å²) in [4.78, 5) is 3.44. The van der Waals surface area contributed by atoms with Gasteiger partial charge in [-0.1, -0.05) is 26.0 Å². The lowest BCUT2D eigenvalue weighted by molar-refractivity contribution is -0.141. The Kier molecular flexibility index (Phi) is 4.10. The highest BCUT2D eigenvalue weighted by atomic mass is 19.4. The van der Waals surface area contributed by atoms with Gasteiger partial charge in [0.2, 0.25) is 0 Å². The van der Waals surface area contributed by atoms with Gasteiger partial charge < -0.3 is 0 Å². The SMILES string of the molecule is CC/C=C(\CC)c1cccnc1C(F)(F)F. The summed E-state index contributed by atoms with van der Waals surface area (Å²) < 4.78 is 38.1. The maximum absolute atomic E-state index is 12.7. The van der Waals surface area contributed by atoms with Crippen molar-refractivity contribution in [3.05, 3.63) is 35.7 Å². The fraction of sp³-hybridized carbons (Fsp3) is 0.417. The van der Waals surface area contributed by atoms with Crippen LogP contribution in [0.15, 0.2) is 24.4 Å². The molecule has 0 atom stereocenters. The molecule has 0 aromatic carbocycles. The topological polar surface area (TPSA) is 12.9 Å². The monoisotopic (exact) mass is 229 g/mol. The van der Waals surface area contributed by atoms with Crippen LogP contribution >= 0.6 is 0 Å². The van der Waals surface area contributed by atoms with E-state index >= 15 is 0 Å². The lowest BCUT2D eigenvalue weighted by Gasteiger charge is -2.13. The van der Waals surface area contributed by atoms with Gasteiger partial charge in [-0.05, 0) is 24.5 Å². The molecule has 0 spiro atoms. The van der Waals surface area contributed by atoms with E-state index in [1.807, 2.05) is 19.9 Å². The minimum Gasteiger partial charge on any atom is -0.251 e. The molecule has 0 fully saturated rings. The predicted molar refractivity (Wildman–Crippen MR) is 57.8 cm³/mol. The van der Waals surface area contributed by atoms with E-state index in [0.717, 1.165) is 6.42 Å². The van der Waals surface area contributed by atoms with Crippen molar-refractivity contribution < 1.29 is 13.2 Å². The van der Waals surface area contributed by atoms with Crippen molar-refractivity contribution in [2.24, 2.45) is 0 Å². The van der Waals surface area contributed by atoms with Crippen LogP contribution in [0.4, 0.5) is 13.2 Å². The lowest BCUT2D eigenvalue weighted by Crippen LogP contribution is -2.11. The summed E-state index contributed by atoms with van der Waals surface area (Å²) in [6.45, 7) is 3.74. The Morgan fingerprint density at radius 1 is 1.38 bits per heavy atom. The molecule has 88 valence electrons. The van der Waals surface area contributed by atoms with Gasteiger partial charge in [0.15, 0.2) is 5.69 Å². The Hall–Kier alpha value is -1.32. The first-order chi connectivity index (χ1) is 7.50. The molecule has 0 aliphatic carbocycles. The van der Waals surface area contributed by atoms with Gasteiger partial charge in [0.1, 0.15) is 0 Å². The minimum absolute atomic E-state index is 0.194. The summed E-state index contributed by atoms with van der Waals surface area (Å²) >= 11 is 0. The molecule has 16 heavy (non-hydrogen) atoms. The van der Waals surface area contributed by atoms with E-state index in [1.165, 1.54) is 18.3 Å². The molecule has 1 nitrogen and oxygen atoms in total. The van der Waals surface area contributed by atoms with Gasteiger partial charge in [-0.3, -0.25) is 4.98 Å². The molecule has 1 aromatic rings. The highest BCUT2D eigenvalue weighted by Gasteiger charge is 2.35. The van der Waals surface area contributed by atoms with Gasteiger partial charge in [-0.15, -0.1) is 0 Å². The number of pyridine rings is 1.